The third-order valence-corrected chi connectivity index (χ3v) is 6.26. The van der Waals surface area contributed by atoms with Gasteiger partial charge in [-0.2, -0.15) is 0 Å². The number of halogens is 1. The van der Waals surface area contributed by atoms with E-state index in [0.29, 0.717) is 29.6 Å². The summed E-state index contributed by atoms with van der Waals surface area (Å²) in [6, 6.07) is 13.9. The highest BCUT2D eigenvalue weighted by Gasteiger charge is 2.34. The second kappa shape index (κ2) is 11.0. The number of nitrogens with zero attached hydrogens (tertiary/aromatic N) is 1. The first-order valence-electron chi connectivity index (χ1n) is 10.3. The number of rotatable bonds is 9. The van der Waals surface area contributed by atoms with E-state index >= 15 is 0 Å². The topological polar surface area (TPSA) is 55.8 Å². The molecule has 1 fully saturated rings. The SMILES string of the molecule is CCOc1cc(/C=C2/SC(=O)N(CCCc3ccccc3)C2=O)cc(I)c1OC(C)C. The molecule has 2 aromatic carbocycles. The summed E-state index contributed by atoms with van der Waals surface area (Å²) in [4.78, 5) is 27.0. The third-order valence-electron chi connectivity index (χ3n) is 4.55. The molecule has 3 rings (SSSR count). The van der Waals surface area contributed by atoms with Crippen LogP contribution in [0.15, 0.2) is 47.4 Å². The van der Waals surface area contributed by atoms with Crippen molar-refractivity contribution in [3.8, 4) is 11.5 Å². The predicted octanol–water partition coefficient (Wildman–Crippen LogP) is 6.15. The molecule has 1 heterocycles. The van der Waals surface area contributed by atoms with Crippen molar-refractivity contribution in [1.82, 2.24) is 4.90 Å². The molecule has 1 aliphatic rings. The Balaban J connectivity index is 1.74. The van der Waals surface area contributed by atoms with Crippen LogP contribution in [0.3, 0.4) is 0 Å². The molecule has 0 unspecified atom stereocenters. The van der Waals surface area contributed by atoms with Gasteiger partial charge < -0.3 is 9.47 Å². The van der Waals surface area contributed by atoms with Crippen molar-refractivity contribution in [2.45, 2.75) is 39.7 Å². The number of aryl methyl sites for hydroxylation is 1. The molecule has 0 aromatic heterocycles. The molecule has 5 nitrogen and oxygen atoms in total. The minimum Gasteiger partial charge on any atom is -0.490 e. The highest BCUT2D eigenvalue weighted by atomic mass is 127. The van der Waals surface area contributed by atoms with E-state index in [-0.39, 0.29) is 17.3 Å². The number of hydrogen-bond donors (Lipinski definition) is 0. The van der Waals surface area contributed by atoms with Crippen molar-refractivity contribution < 1.29 is 19.1 Å². The molecule has 1 saturated heterocycles. The lowest BCUT2D eigenvalue weighted by Crippen LogP contribution is -2.29. The van der Waals surface area contributed by atoms with Crippen LogP contribution in [0.25, 0.3) is 6.08 Å². The summed E-state index contributed by atoms with van der Waals surface area (Å²) in [6.45, 7) is 6.77. The summed E-state index contributed by atoms with van der Waals surface area (Å²) >= 11 is 3.19. The average Bonchev–Trinajstić information content (AvgIpc) is 2.99. The quantitative estimate of drug-likeness (QED) is 0.277. The maximum absolute atomic E-state index is 12.8. The molecule has 1 aliphatic heterocycles. The first-order chi connectivity index (χ1) is 14.9. The van der Waals surface area contributed by atoms with E-state index in [9.17, 15) is 9.59 Å². The Hall–Kier alpha value is -2.00. The maximum atomic E-state index is 12.8. The van der Waals surface area contributed by atoms with Gasteiger partial charge >= 0.3 is 0 Å². The van der Waals surface area contributed by atoms with Gasteiger partial charge in [0, 0.05) is 6.54 Å². The van der Waals surface area contributed by atoms with Crippen LogP contribution in [-0.2, 0) is 11.2 Å². The van der Waals surface area contributed by atoms with Crippen LogP contribution in [0.2, 0.25) is 0 Å². The highest BCUT2D eigenvalue weighted by molar-refractivity contribution is 14.1. The van der Waals surface area contributed by atoms with Gasteiger partial charge in [-0.05, 0) is 97.3 Å². The van der Waals surface area contributed by atoms with Crippen molar-refractivity contribution in [3.05, 3.63) is 62.1 Å². The minimum atomic E-state index is -0.237. The Kier molecular flexibility index (Phi) is 8.43. The zero-order valence-electron chi connectivity index (χ0n) is 17.9. The van der Waals surface area contributed by atoms with Crippen LogP contribution >= 0.6 is 34.4 Å². The molecule has 0 N–H and O–H groups in total. The highest BCUT2D eigenvalue weighted by Crippen LogP contribution is 2.38. The van der Waals surface area contributed by atoms with E-state index in [2.05, 4.69) is 34.7 Å². The standard InChI is InChI=1S/C24H26INO4S/c1-4-29-20-14-18(13-19(25)22(20)30-16(2)3)15-21-23(27)26(24(28)31-21)12-8-11-17-9-6-5-7-10-17/h5-7,9-10,13-16H,4,8,11-12H2,1-3H3/b21-15+. The fraction of sp³-hybridized carbons (Fsp3) is 0.333. The van der Waals surface area contributed by atoms with E-state index in [1.165, 1.54) is 10.5 Å². The van der Waals surface area contributed by atoms with Crippen LogP contribution in [0.4, 0.5) is 4.79 Å². The minimum absolute atomic E-state index is 0.0194. The molecule has 0 bridgehead atoms. The van der Waals surface area contributed by atoms with Crippen molar-refractivity contribution in [2.75, 3.05) is 13.2 Å². The van der Waals surface area contributed by atoms with Crippen molar-refractivity contribution in [1.29, 1.82) is 0 Å². The summed E-state index contributed by atoms with van der Waals surface area (Å²) < 4.78 is 12.6. The third kappa shape index (κ3) is 6.26. The first kappa shape index (κ1) is 23.7. The van der Waals surface area contributed by atoms with Crippen LogP contribution in [0.1, 0.15) is 38.3 Å². The van der Waals surface area contributed by atoms with E-state index in [1.807, 2.05) is 51.1 Å². The number of ether oxygens (including phenoxy) is 2. The van der Waals surface area contributed by atoms with Crippen LogP contribution in [0.5, 0.6) is 11.5 Å². The fourth-order valence-electron chi connectivity index (χ4n) is 3.21. The van der Waals surface area contributed by atoms with Crippen LogP contribution in [-0.4, -0.2) is 35.3 Å². The molecule has 2 aromatic rings. The molecule has 0 atom stereocenters. The monoisotopic (exact) mass is 551 g/mol. The van der Waals surface area contributed by atoms with E-state index < -0.39 is 0 Å². The van der Waals surface area contributed by atoms with Gasteiger partial charge in [0.2, 0.25) is 0 Å². The summed E-state index contributed by atoms with van der Waals surface area (Å²) in [5, 5.41) is -0.219. The van der Waals surface area contributed by atoms with Gasteiger partial charge in [-0.1, -0.05) is 30.3 Å². The van der Waals surface area contributed by atoms with Gasteiger partial charge in [-0.25, -0.2) is 0 Å². The van der Waals surface area contributed by atoms with E-state index in [1.54, 1.807) is 6.08 Å². The second-order valence-corrected chi connectivity index (χ2v) is 9.51. The smallest absolute Gasteiger partial charge is 0.293 e. The summed E-state index contributed by atoms with van der Waals surface area (Å²) in [6.07, 6.45) is 3.34. The number of thioether (sulfide) groups is 1. The lowest BCUT2D eigenvalue weighted by molar-refractivity contribution is -0.122. The first-order valence-corrected chi connectivity index (χ1v) is 12.2. The molecule has 0 radical (unpaired) electrons. The molecule has 0 spiro atoms. The van der Waals surface area contributed by atoms with Gasteiger partial charge in [0.1, 0.15) is 0 Å². The Morgan fingerprint density at radius 2 is 1.90 bits per heavy atom. The Labute approximate surface area is 201 Å². The number of amides is 2. The molecule has 7 heteroatoms. The number of carbonyl (C=O) groups excluding carboxylic acids is 2. The normalized spacial score (nSPS) is 15.3. The Morgan fingerprint density at radius 1 is 1.16 bits per heavy atom. The number of imide groups is 1. The summed E-state index contributed by atoms with van der Waals surface area (Å²) in [7, 11) is 0. The van der Waals surface area contributed by atoms with Gasteiger partial charge in [-0.15, -0.1) is 0 Å². The van der Waals surface area contributed by atoms with Crippen molar-refractivity contribution >= 4 is 51.6 Å². The maximum Gasteiger partial charge on any atom is 0.293 e. The lowest BCUT2D eigenvalue weighted by atomic mass is 10.1. The van der Waals surface area contributed by atoms with E-state index in [0.717, 1.165) is 33.7 Å². The van der Waals surface area contributed by atoms with Gasteiger partial charge in [-0.3, -0.25) is 14.5 Å². The fourth-order valence-corrected chi connectivity index (χ4v) is 4.83. The Morgan fingerprint density at radius 3 is 2.58 bits per heavy atom. The summed E-state index contributed by atoms with van der Waals surface area (Å²) in [5.41, 5.74) is 2.01. The van der Waals surface area contributed by atoms with Gasteiger partial charge in [0.15, 0.2) is 11.5 Å². The van der Waals surface area contributed by atoms with E-state index in [4.69, 9.17) is 9.47 Å². The second-order valence-electron chi connectivity index (χ2n) is 7.35. The molecular formula is C24H26INO4S. The number of carbonyl (C=O) groups is 2. The van der Waals surface area contributed by atoms with Crippen molar-refractivity contribution in [3.63, 3.8) is 0 Å². The largest absolute Gasteiger partial charge is 0.490 e. The summed E-state index contributed by atoms with van der Waals surface area (Å²) in [5.74, 6) is 1.10. The number of benzene rings is 2. The van der Waals surface area contributed by atoms with Crippen LogP contribution < -0.4 is 9.47 Å². The average molecular weight is 551 g/mol. The van der Waals surface area contributed by atoms with Crippen molar-refractivity contribution in [2.24, 2.45) is 0 Å². The molecule has 2 amide bonds. The molecule has 31 heavy (non-hydrogen) atoms. The Bertz CT molecular complexity index is 975. The molecule has 164 valence electrons. The lowest BCUT2D eigenvalue weighted by Gasteiger charge is -2.17. The zero-order valence-corrected chi connectivity index (χ0v) is 20.9. The van der Waals surface area contributed by atoms with Crippen LogP contribution in [0, 0.1) is 3.57 Å². The zero-order chi connectivity index (χ0) is 22.4. The number of hydrogen-bond acceptors (Lipinski definition) is 5. The molecular weight excluding hydrogens is 525 g/mol. The van der Waals surface area contributed by atoms with Gasteiger partial charge in [0.25, 0.3) is 11.1 Å². The van der Waals surface area contributed by atoms with Gasteiger partial charge in [0.05, 0.1) is 21.2 Å². The predicted molar refractivity (Wildman–Crippen MR) is 134 cm³/mol. The molecule has 0 saturated carbocycles. The molecule has 0 aliphatic carbocycles.